The summed E-state index contributed by atoms with van der Waals surface area (Å²) < 4.78 is 29.6. The maximum absolute atomic E-state index is 14.8. The van der Waals surface area contributed by atoms with Gasteiger partial charge in [-0.25, -0.2) is 0 Å². The first-order chi connectivity index (χ1) is 13.6. The van der Waals surface area contributed by atoms with Crippen molar-refractivity contribution >= 4 is 11.7 Å². The monoisotopic (exact) mass is 399 g/mol. The fourth-order valence-electron chi connectivity index (χ4n) is 3.19. The van der Waals surface area contributed by atoms with E-state index < -0.39 is 11.8 Å². The molecule has 0 aliphatic carbocycles. The Balaban J connectivity index is 1.66. The van der Waals surface area contributed by atoms with E-state index >= 15 is 0 Å². The van der Waals surface area contributed by atoms with Crippen LogP contribution in [-0.2, 0) is 16.1 Å². The van der Waals surface area contributed by atoms with Crippen molar-refractivity contribution in [1.82, 2.24) is 15.1 Å². The first-order valence-corrected chi connectivity index (χ1v) is 9.40. The fraction of sp³-hybridized carbons (Fsp3) is 0.429. The molecule has 1 aliphatic heterocycles. The zero-order chi connectivity index (χ0) is 21.2. The summed E-state index contributed by atoms with van der Waals surface area (Å²) in [6.07, 6.45) is 0. The number of halogens is 2. The molecule has 0 N–H and O–H groups in total. The predicted molar refractivity (Wildman–Crippen MR) is 105 cm³/mol. The largest absolute Gasteiger partial charge is 0.352 e. The Morgan fingerprint density at radius 2 is 1.55 bits per heavy atom. The highest BCUT2D eigenvalue weighted by atomic mass is 19.3. The second-order valence-electron chi connectivity index (χ2n) is 8.07. The van der Waals surface area contributed by atoms with Crippen LogP contribution in [0, 0.1) is 11.3 Å². The number of carbonyl (C=O) groups excluding carboxylic acids is 1. The summed E-state index contributed by atoms with van der Waals surface area (Å²) in [5.41, 5.74) is 0.694. The summed E-state index contributed by atoms with van der Waals surface area (Å²) in [5, 5.41) is 16.5. The molecular formula is C21H23F2N5O. The third-order valence-electron chi connectivity index (χ3n) is 5.04. The smallest absolute Gasteiger partial charge is 0.349 e. The molecule has 2 heterocycles. The summed E-state index contributed by atoms with van der Waals surface area (Å²) in [6, 6.07) is 11.1. The van der Waals surface area contributed by atoms with Crippen LogP contribution in [0.15, 0.2) is 36.4 Å². The number of rotatable bonds is 3. The highest BCUT2D eigenvalue weighted by Crippen LogP contribution is 2.32. The van der Waals surface area contributed by atoms with E-state index in [4.69, 9.17) is 5.26 Å². The summed E-state index contributed by atoms with van der Waals surface area (Å²) in [6.45, 7) is 7.07. The molecule has 0 atom stereocenters. The molecule has 1 aliphatic rings. The van der Waals surface area contributed by atoms with Gasteiger partial charge in [-0.05, 0) is 23.1 Å². The molecule has 0 bridgehead atoms. The van der Waals surface area contributed by atoms with E-state index in [9.17, 15) is 13.6 Å². The standard InChI is InChI=1S/C21H23F2N5O/c1-20(2,3)15-4-6-16(7-5-15)21(22,23)19(29)28-12-10-27(11-13-28)18-9-8-17(14-24)25-26-18/h4-9H,10-13H2,1-3H3. The molecule has 8 heteroatoms. The molecule has 1 amide bonds. The van der Waals surface area contributed by atoms with Gasteiger partial charge in [0.2, 0.25) is 0 Å². The minimum absolute atomic E-state index is 0.150. The molecule has 0 radical (unpaired) electrons. The number of alkyl halides is 2. The van der Waals surface area contributed by atoms with E-state index in [2.05, 4.69) is 10.2 Å². The van der Waals surface area contributed by atoms with Crippen LogP contribution in [-0.4, -0.2) is 47.2 Å². The van der Waals surface area contributed by atoms with Crippen LogP contribution in [0.5, 0.6) is 0 Å². The lowest BCUT2D eigenvalue weighted by atomic mass is 9.86. The Labute approximate surface area is 168 Å². The SMILES string of the molecule is CC(C)(C)c1ccc(C(F)(F)C(=O)N2CCN(c3ccc(C#N)nn3)CC2)cc1. The second-order valence-corrected chi connectivity index (χ2v) is 8.07. The first kappa shape index (κ1) is 20.6. The zero-order valence-corrected chi connectivity index (χ0v) is 16.7. The minimum atomic E-state index is -3.58. The van der Waals surface area contributed by atoms with Gasteiger partial charge in [-0.1, -0.05) is 45.0 Å². The number of aromatic nitrogens is 2. The van der Waals surface area contributed by atoms with E-state index in [1.807, 2.05) is 31.7 Å². The molecule has 1 aromatic carbocycles. The number of piperazine rings is 1. The molecule has 1 aromatic heterocycles. The second kappa shape index (κ2) is 7.74. The molecular weight excluding hydrogens is 376 g/mol. The Morgan fingerprint density at radius 1 is 0.966 bits per heavy atom. The van der Waals surface area contributed by atoms with Crippen molar-refractivity contribution in [3.8, 4) is 6.07 Å². The van der Waals surface area contributed by atoms with E-state index in [-0.39, 0.29) is 29.8 Å². The molecule has 0 saturated carbocycles. The topological polar surface area (TPSA) is 73.1 Å². The number of carbonyl (C=O) groups is 1. The van der Waals surface area contributed by atoms with Crippen molar-refractivity contribution in [2.75, 3.05) is 31.1 Å². The van der Waals surface area contributed by atoms with Crippen LogP contribution in [0.2, 0.25) is 0 Å². The van der Waals surface area contributed by atoms with Gasteiger partial charge in [-0.2, -0.15) is 14.0 Å². The fourth-order valence-corrected chi connectivity index (χ4v) is 3.19. The number of nitrogens with zero attached hydrogens (tertiary/aromatic N) is 5. The van der Waals surface area contributed by atoms with E-state index in [1.165, 1.54) is 17.0 Å². The molecule has 0 unspecified atom stereocenters. The summed E-state index contributed by atoms with van der Waals surface area (Å²) in [5.74, 6) is -4.21. The lowest BCUT2D eigenvalue weighted by molar-refractivity contribution is -0.159. The average Bonchev–Trinajstić information content (AvgIpc) is 2.73. The van der Waals surface area contributed by atoms with Crippen molar-refractivity contribution in [2.45, 2.75) is 32.1 Å². The Bertz CT molecular complexity index is 906. The van der Waals surface area contributed by atoms with Gasteiger partial charge >= 0.3 is 5.92 Å². The molecule has 6 nitrogen and oxygen atoms in total. The van der Waals surface area contributed by atoms with Crippen molar-refractivity contribution in [3.05, 3.63) is 53.2 Å². The van der Waals surface area contributed by atoms with Crippen molar-refractivity contribution in [3.63, 3.8) is 0 Å². The van der Waals surface area contributed by atoms with Crippen LogP contribution in [0.1, 0.15) is 37.6 Å². The maximum atomic E-state index is 14.8. The first-order valence-electron chi connectivity index (χ1n) is 9.40. The minimum Gasteiger partial charge on any atom is -0.352 e. The molecule has 0 spiro atoms. The van der Waals surface area contributed by atoms with E-state index in [1.54, 1.807) is 24.3 Å². The summed E-state index contributed by atoms with van der Waals surface area (Å²) in [7, 11) is 0. The van der Waals surface area contributed by atoms with Gasteiger partial charge in [0.15, 0.2) is 11.5 Å². The summed E-state index contributed by atoms with van der Waals surface area (Å²) >= 11 is 0. The number of anilines is 1. The van der Waals surface area contributed by atoms with Crippen LogP contribution < -0.4 is 4.90 Å². The van der Waals surface area contributed by atoms with Gasteiger partial charge in [-0.3, -0.25) is 4.79 Å². The third-order valence-corrected chi connectivity index (χ3v) is 5.04. The lowest BCUT2D eigenvalue weighted by Crippen LogP contribution is -2.52. The predicted octanol–water partition coefficient (Wildman–Crippen LogP) is 3.09. The quantitative estimate of drug-likeness (QED) is 0.793. The third kappa shape index (κ3) is 4.34. The van der Waals surface area contributed by atoms with Crippen LogP contribution >= 0.6 is 0 Å². The van der Waals surface area contributed by atoms with Crippen molar-refractivity contribution in [2.24, 2.45) is 0 Å². The van der Waals surface area contributed by atoms with Gasteiger partial charge in [0.25, 0.3) is 5.91 Å². The van der Waals surface area contributed by atoms with E-state index in [0.29, 0.717) is 18.9 Å². The molecule has 29 heavy (non-hydrogen) atoms. The number of benzene rings is 1. The number of amides is 1. The van der Waals surface area contributed by atoms with Gasteiger partial charge < -0.3 is 9.80 Å². The van der Waals surface area contributed by atoms with E-state index in [0.717, 1.165) is 5.56 Å². The Morgan fingerprint density at radius 3 is 2.03 bits per heavy atom. The maximum Gasteiger partial charge on any atom is 0.349 e. The lowest BCUT2D eigenvalue weighted by Gasteiger charge is -2.36. The van der Waals surface area contributed by atoms with Gasteiger partial charge in [-0.15, -0.1) is 10.2 Å². The van der Waals surface area contributed by atoms with Crippen LogP contribution in [0.3, 0.4) is 0 Å². The number of hydrogen-bond acceptors (Lipinski definition) is 5. The zero-order valence-electron chi connectivity index (χ0n) is 16.7. The Hall–Kier alpha value is -3.08. The van der Waals surface area contributed by atoms with Gasteiger partial charge in [0.1, 0.15) is 6.07 Å². The van der Waals surface area contributed by atoms with Crippen molar-refractivity contribution in [1.29, 1.82) is 5.26 Å². The van der Waals surface area contributed by atoms with Crippen LogP contribution in [0.4, 0.5) is 14.6 Å². The highest BCUT2D eigenvalue weighted by molar-refractivity contribution is 5.85. The molecule has 152 valence electrons. The highest BCUT2D eigenvalue weighted by Gasteiger charge is 2.44. The summed E-state index contributed by atoms with van der Waals surface area (Å²) in [4.78, 5) is 15.6. The number of hydrogen-bond donors (Lipinski definition) is 0. The van der Waals surface area contributed by atoms with Gasteiger partial charge in [0.05, 0.1) is 0 Å². The molecule has 3 rings (SSSR count). The van der Waals surface area contributed by atoms with Crippen molar-refractivity contribution < 1.29 is 13.6 Å². The molecule has 1 saturated heterocycles. The molecule has 1 fully saturated rings. The Kier molecular flexibility index (Phi) is 5.51. The van der Waals surface area contributed by atoms with Gasteiger partial charge in [0, 0.05) is 31.7 Å². The number of nitriles is 1. The average molecular weight is 399 g/mol. The van der Waals surface area contributed by atoms with Crippen LogP contribution in [0.25, 0.3) is 0 Å². The normalized spacial score (nSPS) is 15.2. The molecule has 2 aromatic rings.